The Morgan fingerprint density at radius 3 is 1.72 bits per heavy atom. The van der Waals surface area contributed by atoms with Crippen molar-refractivity contribution in [2.75, 3.05) is 0 Å². The van der Waals surface area contributed by atoms with Crippen LogP contribution in [0, 0.1) is 5.82 Å². The highest BCUT2D eigenvalue weighted by atomic mass is 28.4. The Balaban J connectivity index is 3.35. The summed E-state index contributed by atoms with van der Waals surface area (Å²) in [5.41, 5.74) is -0.0232. The Morgan fingerprint density at radius 1 is 0.880 bits per heavy atom. The summed E-state index contributed by atoms with van der Waals surface area (Å²) in [7, 11) is -4.33. The van der Waals surface area contributed by atoms with Crippen LogP contribution in [0.4, 0.5) is 4.39 Å². The SMILES string of the molecule is CC(C)(C)[Si](C)(C)Oc1cc(C=O)c(F)c(O[Si](C)(C)C(C)(C)C)c1. The predicted octanol–water partition coefficient (Wildman–Crippen LogP) is 6.41. The zero-order chi connectivity index (χ0) is 19.8. The lowest BCUT2D eigenvalue weighted by atomic mass is 10.2. The van der Waals surface area contributed by atoms with E-state index in [9.17, 15) is 9.18 Å². The summed E-state index contributed by atoms with van der Waals surface area (Å²) in [6.07, 6.45) is 0.520. The first kappa shape index (κ1) is 21.9. The zero-order valence-corrected chi connectivity index (χ0v) is 19.3. The van der Waals surface area contributed by atoms with Crippen LogP contribution >= 0.6 is 0 Å². The van der Waals surface area contributed by atoms with Crippen molar-refractivity contribution < 1.29 is 18.0 Å². The smallest absolute Gasteiger partial charge is 0.250 e. The quantitative estimate of drug-likeness (QED) is 0.435. The molecule has 142 valence electrons. The molecule has 0 aliphatic rings. The summed E-state index contributed by atoms with van der Waals surface area (Å²) >= 11 is 0. The Morgan fingerprint density at radius 2 is 1.32 bits per heavy atom. The van der Waals surface area contributed by atoms with Gasteiger partial charge in [-0.05, 0) is 42.3 Å². The number of aldehydes is 1. The fraction of sp³-hybridized carbons (Fsp3) is 0.632. The molecule has 6 heteroatoms. The highest BCUT2D eigenvalue weighted by molar-refractivity contribution is 6.75. The van der Waals surface area contributed by atoms with Crippen molar-refractivity contribution in [3.05, 3.63) is 23.5 Å². The first-order valence-electron chi connectivity index (χ1n) is 8.68. The highest BCUT2D eigenvalue weighted by Gasteiger charge is 2.41. The fourth-order valence-electron chi connectivity index (χ4n) is 1.69. The Labute approximate surface area is 154 Å². The lowest BCUT2D eigenvalue weighted by Gasteiger charge is -2.38. The molecule has 0 aliphatic carbocycles. The monoisotopic (exact) mass is 384 g/mol. The average molecular weight is 385 g/mol. The van der Waals surface area contributed by atoms with Crippen molar-refractivity contribution >= 4 is 22.9 Å². The molecule has 1 rings (SSSR count). The van der Waals surface area contributed by atoms with Gasteiger partial charge in [-0.1, -0.05) is 41.5 Å². The molecule has 0 aliphatic heterocycles. The molecule has 0 bridgehead atoms. The number of rotatable bonds is 5. The summed E-state index contributed by atoms with van der Waals surface area (Å²) < 4.78 is 27.0. The molecule has 0 radical (unpaired) electrons. The van der Waals surface area contributed by atoms with E-state index in [1.165, 1.54) is 6.07 Å². The summed E-state index contributed by atoms with van der Waals surface area (Å²) in [6, 6.07) is 3.07. The molecule has 0 amide bonds. The van der Waals surface area contributed by atoms with Gasteiger partial charge in [-0.3, -0.25) is 4.79 Å². The largest absolute Gasteiger partial charge is 0.543 e. The van der Waals surface area contributed by atoms with Gasteiger partial charge in [0.1, 0.15) is 11.5 Å². The van der Waals surface area contributed by atoms with Crippen molar-refractivity contribution in [1.82, 2.24) is 0 Å². The minimum atomic E-state index is -2.23. The lowest BCUT2D eigenvalue weighted by molar-refractivity contribution is 0.111. The van der Waals surface area contributed by atoms with Gasteiger partial charge in [0.05, 0.1) is 5.56 Å². The van der Waals surface area contributed by atoms with Crippen LogP contribution in [0.1, 0.15) is 51.9 Å². The van der Waals surface area contributed by atoms with Gasteiger partial charge in [-0.15, -0.1) is 0 Å². The summed E-state index contributed by atoms with van der Waals surface area (Å²) in [6.45, 7) is 21.0. The molecule has 0 fully saturated rings. The van der Waals surface area contributed by atoms with E-state index >= 15 is 0 Å². The van der Waals surface area contributed by atoms with Crippen LogP contribution in [0.15, 0.2) is 12.1 Å². The van der Waals surface area contributed by atoms with Gasteiger partial charge in [0.25, 0.3) is 8.32 Å². The van der Waals surface area contributed by atoms with E-state index in [0.29, 0.717) is 12.0 Å². The molecule has 3 nitrogen and oxygen atoms in total. The number of carbonyl (C=O) groups is 1. The molecule has 0 N–H and O–H groups in total. The number of halogens is 1. The van der Waals surface area contributed by atoms with Crippen LogP contribution in [0.3, 0.4) is 0 Å². The standard InChI is InChI=1S/C19H33FO3Si2/c1-18(2,3)24(7,8)22-15-11-14(13-21)17(20)16(12-15)23-25(9,10)19(4,5)6/h11-13H,1-10H3. The van der Waals surface area contributed by atoms with Crippen LogP contribution in [0.2, 0.25) is 36.3 Å². The number of benzene rings is 1. The molecule has 1 aromatic rings. The molecule has 0 saturated heterocycles. The Hall–Kier alpha value is -1.15. The normalized spacial score (nSPS) is 13.6. The van der Waals surface area contributed by atoms with Crippen LogP contribution in [-0.2, 0) is 0 Å². The maximum absolute atomic E-state index is 14.7. The lowest BCUT2D eigenvalue weighted by Crippen LogP contribution is -2.44. The van der Waals surface area contributed by atoms with E-state index in [1.807, 2.05) is 13.1 Å². The van der Waals surface area contributed by atoms with E-state index in [0.717, 1.165) is 0 Å². The van der Waals surface area contributed by atoms with E-state index in [4.69, 9.17) is 8.85 Å². The van der Waals surface area contributed by atoms with Crippen molar-refractivity contribution in [3.63, 3.8) is 0 Å². The van der Waals surface area contributed by atoms with Crippen LogP contribution in [0.25, 0.3) is 0 Å². The van der Waals surface area contributed by atoms with Gasteiger partial charge in [-0.2, -0.15) is 0 Å². The van der Waals surface area contributed by atoms with E-state index in [2.05, 4.69) is 54.6 Å². The maximum atomic E-state index is 14.7. The van der Waals surface area contributed by atoms with Crippen LogP contribution in [-0.4, -0.2) is 22.9 Å². The Bertz CT molecular complexity index is 641. The van der Waals surface area contributed by atoms with Crippen molar-refractivity contribution in [3.8, 4) is 11.5 Å². The van der Waals surface area contributed by atoms with Gasteiger partial charge >= 0.3 is 0 Å². The zero-order valence-electron chi connectivity index (χ0n) is 17.3. The molecule has 0 unspecified atom stereocenters. The third kappa shape index (κ3) is 4.94. The third-order valence-electron chi connectivity index (χ3n) is 5.52. The van der Waals surface area contributed by atoms with Gasteiger partial charge in [0, 0.05) is 6.07 Å². The minimum Gasteiger partial charge on any atom is -0.543 e. The summed E-state index contributed by atoms with van der Waals surface area (Å²) in [4.78, 5) is 11.3. The molecule has 0 aromatic heterocycles. The van der Waals surface area contributed by atoms with Crippen LogP contribution < -0.4 is 8.85 Å². The first-order valence-corrected chi connectivity index (χ1v) is 14.5. The number of hydrogen-bond acceptors (Lipinski definition) is 3. The molecular weight excluding hydrogens is 351 g/mol. The fourth-order valence-corrected chi connectivity index (χ4v) is 3.71. The maximum Gasteiger partial charge on any atom is 0.250 e. The second kappa shape index (κ2) is 6.87. The molecule has 0 spiro atoms. The van der Waals surface area contributed by atoms with Gasteiger partial charge in [0.2, 0.25) is 8.32 Å². The molecular formula is C19H33FO3Si2. The van der Waals surface area contributed by atoms with Crippen molar-refractivity contribution in [2.24, 2.45) is 0 Å². The average Bonchev–Trinajstić information content (AvgIpc) is 2.38. The second-order valence-corrected chi connectivity index (χ2v) is 19.1. The molecule has 0 saturated carbocycles. The summed E-state index contributed by atoms with van der Waals surface area (Å²) in [5.74, 6) is 0.0103. The Kier molecular flexibility index (Phi) is 6.02. The number of carbonyl (C=O) groups excluding carboxylic acids is 1. The predicted molar refractivity (Wildman–Crippen MR) is 107 cm³/mol. The minimum absolute atomic E-state index is 0.00315. The number of hydrogen-bond donors (Lipinski definition) is 0. The van der Waals surface area contributed by atoms with Crippen LogP contribution in [0.5, 0.6) is 11.5 Å². The topological polar surface area (TPSA) is 35.5 Å². The second-order valence-electron chi connectivity index (χ2n) is 9.67. The first-order chi connectivity index (χ1) is 11.0. The molecule has 0 heterocycles. The van der Waals surface area contributed by atoms with Gasteiger partial charge in [-0.25, -0.2) is 4.39 Å². The summed E-state index contributed by atoms with van der Waals surface area (Å²) in [5, 5.41) is -0.0692. The van der Waals surface area contributed by atoms with Crippen molar-refractivity contribution in [1.29, 1.82) is 0 Å². The van der Waals surface area contributed by atoms with E-state index in [-0.39, 0.29) is 21.4 Å². The highest BCUT2D eigenvalue weighted by Crippen LogP contribution is 2.41. The third-order valence-corrected chi connectivity index (χ3v) is 14.2. The molecule has 25 heavy (non-hydrogen) atoms. The van der Waals surface area contributed by atoms with Gasteiger partial charge in [0.15, 0.2) is 12.1 Å². The van der Waals surface area contributed by atoms with E-state index in [1.54, 1.807) is 6.07 Å². The van der Waals surface area contributed by atoms with Crippen molar-refractivity contribution in [2.45, 2.75) is 77.8 Å². The molecule has 0 atom stereocenters. The van der Waals surface area contributed by atoms with E-state index < -0.39 is 22.5 Å². The van der Waals surface area contributed by atoms with Gasteiger partial charge < -0.3 is 8.85 Å². The molecule has 1 aromatic carbocycles.